The first-order valence-electron chi connectivity index (χ1n) is 13.8. The van der Waals surface area contributed by atoms with Crippen molar-refractivity contribution in [2.45, 2.75) is 52.1 Å². The standard InChI is InChI=1S/C30H35N9O/c1-18(2)25-17-33-39-28(25)36-30(38-12-10-22(31)11-13-38)37-29(39)32-16-20-6-4-5-7-24(20)27-15-21-14-23(34-19(3)40)8-9-26(21)35-27/h4-9,14-15,17-18,22,35H,10-13,16,31H2,1-3H3,(H,34,40)(H,32,36,37). The number of benzene rings is 2. The van der Waals surface area contributed by atoms with E-state index in [0.717, 1.165) is 70.6 Å². The van der Waals surface area contributed by atoms with Crippen LogP contribution in [0.2, 0.25) is 0 Å². The number of fused-ring (bicyclic) bond motifs is 2. The SMILES string of the molecule is CC(=O)Nc1ccc2[nH]c(-c3ccccc3CNc3nc(N4CCC(N)CC4)nc4c(C(C)C)cnn34)cc2c1. The normalized spacial score (nSPS) is 14.4. The summed E-state index contributed by atoms with van der Waals surface area (Å²) in [7, 11) is 0. The summed E-state index contributed by atoms with van der Waals surface area (Å²) in [4.78, 5) is 27.1. The number of rotatable bonds is 7. The first-order chi connectivity index (χ1) is 19.4. The number of piperidine rings is 1. The predicted molar refractivity (Wildman–Crippen MR) is 160 cm³/mol. The fourth-order valence-corrected chi connectivity index (χ4v) is 5.32. The molecule has 6 rings (SSSR count). The molecule has 5 aromatic rings. The minimum Gasteiger partial charge on any atom is -0.355 e. The van der Waals surface area contributed by atoms with Crippen molar-refractivity contribution < 1.29 is 4.79 Å². The van der Waals surface area contributed by atoms with Crippen LogP contribution in [0.3, 0.4) is 0 Å². The summed E-state index contributed by atoms with van der Waals surface area (Å²) in [5.74, 6) is 1.57. The number of hydrogen-bond acceptors (Lipinski definition) is 7. The third-order valence-electron chi connectivity index (χ3n) is 7.51. The summed E-state index contributed by atoms with van der Waals surface area (Å²) < 4.78 is 1.81. The Morgan fingerprint density at radius 2 is 1.93 bits per heavy atom. The van der Waals surface area contributed by atoms with Gasteiger partial charge in [-0.1, -0.05) is 38.1 Å². The Labute approximate surface area is 233 Å². The Morgan fingerprint density at radius 1 is 1.12 bits per heavy atom. The van der Waals surface area contributed by atoms with E-state index in [-0.39, 0.29) is 17.9 Å². The van der Waals surface area contributed by atoms with Crippen molar-refractivity contribution in [3.05, 3.63) is 65.9 Å². The highest BCUT2D eigenvalue weighted by atomic mass is 16.1. The summed E-state index contributed by atoms with van der Waals surface area (Å²) in [6.45, 7) is 8.06. The van der Waals surface area contributed by atoms with Gasteiger partial charge in [-0.25, -0.2) is 0 Å². The van der Waals surface area contributed by atoms with Gasteiger partial charge in [0.15, 0.2) is 5.65 Å². The molecule has 0 radical (unpaired) electrons. The van der Waals surface area contributed by atoms with Crippen molar-refractivity contribution in [3.8, 4) is 11.3 Å². The molecular formula is C30H35N9O. The fraction of sp³-hybridized carbons (Fsp3) is 0.333. The molecule has 3 aromatic heterocycles. The van der Waals surface area contributed by atoms with E-state index in [4.69, 9.17) is 15.7 Å². The second-order valence-corrected chi connectivity index (χ2v) is 10.8. The van der Waals surface area contributed by atoms with E-state index in [2.05, 4.69) is 57.7 Å². The molecule has 4 heterocycles. The molecule has 0 atom stereocenters. The van der Waals surface area contributed by atoms with Crippen LogP contribution >= 0.6 is 0 Å². The van der Waals surface area contributed by atoms with Crippen LogP contribution in [0.1, 0.15) is 50.7 Å². The van der Waals surface area contributed by atoms with Gasteiger partial charge in [-0.15, -0.1) is 0 Å². The van der Waals surface area contributed by atoms with Gasteiger partial charge in [0.1, 0.15) is 0 Å². The summed E-state index contributed by atoms with van der Waals surface area (Å²) in [6, 6.07) is 16.5. The Balaban J connectivity index is 1.32. The van der Waals surface area contributed by atoms with E-state index in [1.54, 1.807) is 0 Å². The average molecular weight is 538 g/mol. The topological polar surface area (TPSA) is 129 Å². The molecule has 10 nitrogen and oxygen atoms in total. The van der Waals surface area contributed by atoms with Crippen molar-refractivity contribution in [2.24, 2.45) is 5.73 Å². The maximum atomic E-state index is 11.5. The van der Waals surface area contributed by atoms with E-state index in [1.165, 1.54) is 6.92 Å². The fourth-order valence-electron chi connectivity index (χ4n) is 5.32. The zero-order valence-corrected chi connectivity index (χ0v) is 23.1. The van der Waals surface area contributed by atoms with E-state index in [9.17, 15) is 4.79 Å². The van der Waals surface area contributed by atoms with Crippen LogP contribution in [0.15, 0.2) is 54.7 Å². The maximum Gasteiger partial charge on any atom is 0.230 e. The third kappa shape index (κ3) is 5.10. The molecular weight excluding hydrogens is 502 g/mol. The van der Waals surface area contributed by atoms with E-state index >= 15 is 0 Å². The van der Waals surface area contributed by atoms with E-state index in [0.29, 0.717) is 18.4 Å². The van der Waals surface area contributed by atoms with Crippen LogP contribution in [0.5, 0.6) is 0 Å². The van der Waals surface area contributed by atoms with Gasteiger partial charge in [0.05, 0.1) is 6.20 Å². The molecule has 40 heavy (non-hydrogen) atoms. The first kappa shape index (κ1) is 25.8. The summed E-state index contributed by atoms with van der Waals surface area (Å²) in [5, 5.41) is 12.1. The quantitative estimate of drug-likeness (QED) is 0.233. The monoisotopic (exact) mass is 537 g/mol. The van der Waals surface area contributed by atoms with Crippen LogP contribution in [0.4, 0.5) is 17.6 Å². The summed E-state index contributed by atoms with van der Waals surface area (Å²) >= 11 is 0. The largest absolute Gasteiger partial charge is 0.355 e. The molecule has 0 aliphatic carbocycles. The number of aromatic amines is 1. The number of nitrogens with zero attached hydrogens (tertiary/aromatic N) is 5. The van der Waals surface area contributed by atoms with Crippen molar-refractivity contribution in [3.63, 3.8) is 0 Å². The molecule has 206 valence electrons. The number of carbonyl (C=O) groups is 1. The van der Waals surface area contributed by atoms with Crippen molar-refractivity contribution in [2.75, 3.05) is 28.6 Å². The highest BCUT2D eigenvalue weighted by molar-refractivity contribution is 5.94. The molecule has 1 amide bonds. The van der Waals surface area contributed by atoms with Gasteiger partial charge in [-0.05, 0) is 48.6 Å². The van der Waals surface area contributed by atoms with Crippen molar-refractivity contribution in [1.29, 1.82) is 0 Å². The van der Waals surface area contributed by atoms with Crippen LogP contribution in [-0.2, 0) is 11.3 Å². The lowest BCUT2D eigenvalue weighted by molar-refractivity contribution is -0.114. The van der Waals surface area contributed by atoms with Gasteiger partial charge < -0.3 is 26.3 Å². The minimum atomic E-state index is -0.0879. The highest BCUT2D eigenvalue weighted by Gasteiger charge is 2.22. The van der Waals surface area contributed by atoms with Gasteiger partial charge in [-0.2, -0.15) is 19.6 Å². The second-order valence-electron chi connectivity index (χ2n) is 10.8. The zero-order chi connectivity index (χ0) is 27.8. The minimum absolute atomic E-state index is 0.0879. The van der Waals surface area contributed by atoms with Crippen molar-refractivity contribution in [1.82, 2.24) is 24.6 Å². The molecule has 10 heteroatoms. The predicted octanol–water partition coefficient (Wildman–Crippen LogP) is 4.89. The molecule has 5 N–H and O–H groups in total. The van der Waals surface area contributed by atoms with Gasteiger partial charge in [0.2, 0.25) is 17.8 Å². The Bertz CT molecular complexity index is 1680. The van der Waals surface area contributed by atoms with Gasteiger partial charge >= 0.3 is 0 Å². The molecule has 0 saturated carbocycles. The van der Waals surface area contributed by atoms with Crippen LogP contribution in [-0.4, -0.2) is 49.6 Å². The molecule has 0 spiro atoms. The Hall–Kier alpha value is -4.44. The van der Waals surface area contributed by atoms with Gasteiger partial charge in [0.25, 0.3) is 0 Å². The number of anilines is 3. The molecule has 1 aliphatic heterocycles. The number of H-pyrrole nitrogens is 1. The second kappa shape index (κ2) is 10.6. The van der Waals surface area contributed by atoms with Crippen molar-refractivity contribution >= 4 is 40.0 Å². The lowest BCUT2D eigenvalue weighted by Gasteiger charge is -2.30. The molecule has 1 aliphatic rings. The highest BCUT2D eigenvalue weighted by Crippen LogP contribution is 2.30. The lowest BCUT2D eigenvalue weighted by atomic mass is 10.0. The number of hydrogen-bond donors (Lipinski definition) is 4. The van der Waals surface area contributed by atoms with E-state index in [1.807, 2.05) is 41.0 Å². The third-order valence-corrected chi connectivity index (χ3v) is 7.51. The van der Waals surface area contributed by atoms with Gasteiger partial charge in [0, 0.05) is 66.0 Å². The zero-order valence-electron chi connectivity index (χ0n) is 23.1. The lowest BCUT2D eigenvalue weighted by Crippen LogP contribution is -2.40. The first-order valence-corrected chi connectivity index (χ1v) is 13.8. The van der Waals surface area contributed by atoms with Gasteiger partial charge in [-0.3, -0.25) is 4.79 Å². The van der Waals surface area contributed by atoms with Crippen LogP contribution < -0.4 is 21.3 Å². The average Bonchev–Trinajstić information content (AvgIpc) is 3.56. The Morgan fingerprint density at radius 3 is 2.70 bits per heavy atom. The van der Waals surface area contributed by atoms with E-state index < -0.39 is 0 Å². The maximum absolute atomic E-state index is 11.5. The number of aromatic nitrogens is 5. The molecule has 1 fully saturated rings. The summed E-state index contributed by atoms with van der Waals surface area (Å²) in [6.07, 6.45) is 3.75. The number of nitrogens with one attached hydrogen (secondary N) is 3. The summed E-state index contributed by atoms with van der Waals surface area (Å²) in [5.41, 5.74) is 13.1. The van der Waals surface area contributed by atoms with Crippen LogP contribution in [0, 0.1) is 0 Å². The number of carbonyl (C=O) groups excluding carboxylic acids is 1. The molecule has 2 aromatic carbocycles. The number of amides is 1. The van der Waals surface area contributed by atoms with Crippen LogP contribution in [0.25, 0.3) is 27.8 Å². The Kier molecular flexibility index (Phi) is 6.85. The molecule has 0 unspecified atom stereocenters. The molecule has 1 saturated heterocycles. The smallest absolute Gasteiger partial charge is 0.230 e. The molecule has 0 bridgehead atoms. The number of nitrogens with two attached hydrogens (primary N) is 1.